The maximum atomic E-state index is 5.65. The summed E-state index contributed by atoms with van der Waals surface area (Å²) in [4.78, 5) is 2.06. The van der Waals surface area contributed by atoms with Gasteiger partial charge in [0, 0.05) is 25.9 Å². The number of nitrogens with one attached hydrogen (secondary N) is 1. The lowest BCUT2D eigenvalue weighted by atomic mass is 10.1. The van der Waals surface area contributed by atoms with Crippen LogP contribution in [0.4, 0.5) is 5.69 Å². The van der Waals surface area contributed by atoms with E-state index in [9.17, 15) is 0 Å². The summed E-state index contributed by atoms with van der Waals surface area (Å²) in [6.07, 6.45) is 2.60. The summed E-state index contributed by atoms with van der Waals surface area (Å²) in [5.74, 6) is 0. The van der Waals surface area contributed by atoms with Gasteiger partial charge in [0.05, 0.1) is 6.10 Å². The van der Waals surface area contributed by atoms with Crippen LogP contribution in [0.2, 0.25) is 0 Å². The molecule has 0 aromatic heterocycles. The highest BCUT2D eigenvalue weighted by molar-refractivity contribution is 7.80. The van der Waals surface area contributed by atoms with Crippen LogP contribution in [0.15, 0.2) is 42.5 Å². The number of anilines is 1. The van der Waals surface area contributed by atoms with Gasteiger partial charge in [-0.15, -0.1) is 0 Å². The van der Waals surface area contributed by atoms with Gasteiger partial charge >= 0.3 is 0 Å². The summed E-state index contributed by atoms with van der Waals surface area (Å²) < 4.78 is 5.65. The second-order valence-corrected chi connectivity index (χ2v) is 5.89. The van der Waals surface area contributed by atoms with Crippen molar-refractivity contribution >= 4 is 33.8 Å². The van der Waals surface area contributed by atoms with Crippen molar-refractivity contribution in [2.24, 2.45) is 0 Å². The minimum atomic E-state index is 0.311. The number of nitrogens with zero attached hydrogens (tertiary/aromatic N) is 1. The topological polar surface area (TPSA) is 24.5 Å². The van der Waals surface area contributed by atoms with E-state index in [2.05, 4.69) is 46.6 Å². The van der Waals surface area contributed by atoms with Crippen LogP contribution >= 0.6 is 12.2 Å². The molecule has 0 spiro atoms. The largest absolute Gasteiger partial charge is 0.376 e. The lowest BCUT2D eigenvalue weighted by Gasteiger charge is -2.24. The Hall–Kier alpha value is -1.65. The third-order valence-corrected chi connectivity index (χ3v) is 4.26. The number of benzene rings is 2. The molecule has 0 bridgehead atoms. The standard InChI is InChI=1S/C17H20N2OS/c1-19(12-16-7-4-10-20-16)17(21)18-15-9-8-13-5-2-3-6-14(13)11-15/h2-3,5-6,8-9,11,16H,4,7,10,12H2,1H3,(H,18,21)/t16-/m1/s1. The molecule has 2 aromatic rings. The fourth-order valence-corrected chi connectivity index (χ4v) is 2.86. The molecule has 110 valence electrons. The van der Waals surface area contributed by atoms with Crippen molar-refractivity contribution in [3.05, 3.63) is 42.5 Å². The number of likely N-dealkylation sites (N-methyl/N-ethyl adjacent to an activating group) is 1. The summed E-state index contributed by atoms with van der Waals surface area (Å²) in [5, 5.41) is 6.50. The van der Waals surface area contributed by atoms with Crippen LogP contribution < -0.4 is 5.32 Å². The Kier molecular flexibility index (Phi) is 4.36. The van der Waals surface area contributed by atoms with E-state index in [1.807, 2.05) is 13.1 Å². The van der Waals surface area contributed by atoms with E-state index in [0.29, 0.717) is 6.10 Å². The van der Waals surface area contributed by atoms with E-state index >= 15 is 0 Å². The van der Waals surface area contributed by atoms with E-state index in [-0.39, 0.29) is 0 Å². The summed E-state index contributed by atoms with van der Waals surface area (Å²) >= 11 is 5.48. The molecule has 0 aliphatic carbocycles. The second kappa shape index (κ2) is 6.41. The summed E-state index contributed by atoms with van der Waals surface area (Å²) in [6, 6.07) is 14.6. The molecule has 3 rings (SSSR count). The zero-order valence-corrected chi connectivity index (χ0v) is 13.0. The first-order valence-corrected chi connectivity index (χ1v) is 7.76. The summed E-state index contributed by atoms with van der Waals surface area (Å²) in [5.41, 5.74) is 1.03. The maximum absolute atomic E-state index is 5.65. The Morgan fingerprint density at radius 3 is 2.86 bits per heavy atom. The van der Waals surface area contributed by atoms with Gasteiger partial charge in [-0.05, 0) is 48.0 Å². The number of hydrogen-bond donors (Lipinski definition) is 1. The molecular weight excluding hydrogens is 280 g/mol. The van der Waals surface area contributed by atoms with E-state index < -0.39 is 0 Å². The van der Waals surface area contributed by atoms with Crippen molar-refractivity contribution in [3.63, 3.8) is 0 Å². The Balaban J connectivity index is 1.64. The fourth-order valence-electron chi connectivity index (χ4n) is 2.66. The monoisotopic (exact) mass is 300 g/mol. The van der Waals surface area contributed by atoms with Gasteiger partial charge in [0.1, 0.15) is 0 Å². The lowest BCUT2D eigenvalue weighted by Crippen LogP contribution is -2.36. The number of rotatable bonds is 3. The molecule has 1 saturated heterocycles. The molecule has 1 atom stereocenters. The third kappa shape index (κ3) is 3.52. The van der Waals surface area contributed by atoms with Crippen molar-refractivity contribution < 1.29 is 4.74 Å². The number of hydrogen-bond acceptors (Lipinski definition) is 2. The predicted molar refractivity (Wildman–Crippen MR) is 91.8 cm³/mol. The van der Waals surface area contributed by atoms with E-state index in [0.717, 1.165) is 36.8 Å². The Morgan fingerprint density at radius 2 is 2.10 bits per heavy atom. The van der Waals surface area contributed by atoms with E-state index in [1.165, 1.54) is 10.8 Å². The zero-order chi connectivity index (χ0) is 14.7. The van der Waals surface area contributed by atoms with Crippen LogP contribution in [0.3, 0.4) is 0 Å². The molecule has 1 heterocycles. The second-order valence-electron chi connectivity index (χ2n) is 5.51. The molecule has 4 heteroatoms. The van der Waals surface area contributed by atoms with Crippen molar-refractivity contribution in [3.8, 4) is 0 Å². The van der Waals surface area contributed by atoms with Gasteiger partial charge in [0.2, 0.25) is 0 Å². The van der Waals surface area contributed by atoms with Gasteiger partial charge < -0.3 is 15.0 Å². The molecule has 0 saturated carbocycles. The molecule has 0 amide bonds. The van der Waals surface area contributed by atoms with Gasteiger partial charge in [-0.1, -0.05) is 30.3 Å². The SMILES string of the molecule is CN(C[C@H]1CCCO1)C(=S)Nc1ccc2ccccc2c1. The number of fused-ring (bicyclic) bond motifs is 1. The Bertz CT molecular complexity index is 637. The van der Waals surface area contributed by atoms with Crippen LogP contribution in [-0.2, 0) is 4.74 Å². The van der Waals surface area contributed by atoms with Crippen LogP contribution in [0, 0.1) is 0 Å². The molecule has 1 aliphatic rings. The summed E-state index contributed by atoms with van der Waals surface area (Å²) in [6.45, 7) is 1.72. The highest BCUT2D eigenvalue weighted by atomic mass is 32.1. The predicted octanol–water partition coefficient (Wildman–Crippen LogP) is 3.65. The van der Waals surface area contributed by atoms with E-state index in [4.69, 9.17) is 17.0 Å². The van der Waals surface area contributed by atoms with Gasteiger partial charge in [-0.2, -0.15) is 0 Å². The minimum absolute atomic E-state index is 0.311. The maximum Gasteiger partial charge on any atom is 0.173 e. The van der Waals surface area contributed by atoms with E-state index in [1.54, 1.807) is 0 Å². The average molecular weight is 300 g/mol. The van der Waals surface area contributed by atoms with Crippen molar-refractivity contribution in [2.45, 2.75) is 18.9 Å². The first-order chi connectivity index (χ1) is 10.2. The molecule has 1 N–H and O–H groups in total. The average Bonchev–Trinajstić information content (AvgIpc) is 3.00. The molecule has 3 nitrogen and oxygen atoms in total. The van der Waals surface area contributed by atoms with Crippen LogP contribution in [0.25, 0.3) is 10.8 Å². The highest BCUT2D eigenvalue weighted by Gasteiger charge is 2.18. The van der Waals surface area contributed by atoms with Crippen LogP contribution in [0.5, 0.6) is 0 Å². The zero-order valence-electron chi connectivity index (χ0n) is 12.2. The Morgan fingerprint density at radius 1 is 1.29 bits per heavy atom. The van der Waals surface area contributed by atoms with Gasteiger partial charge in [-0.3, -0.25) is 0 Å². The molecule has 1 fully saturated rings. The van der Waals surface area contributed by atoms with Crippen molar-refractivity contribution in [1.29, 1.82) is 0 Å². The normalized spacial score (nSPS) is 17.9. The first kappa shape index (κ1) is 14.3. The molecule has 21 heavy (non-hydrogen) atoms. The number of ether oxygens (including phenoxy) is 1. The minimum Gasteiger partial charge on any atom is -0.376 e. The van der Waals surface area contributed by atoms with Gasteiger partial charge in [0.25, 0.3) is 0 Å². The van der Waals surface area contributed by atoms with Crippen LogP contribution in [-0.4, -0.2) is 36.3 Å². The quantitative estimate of drug-likeness (QED) is 0.875. The summed E-state index contributed by atoms with van der Waals surface area (Å²) in [7, 11) is 2.01. The van der Waals surface area contributed by atoms with Crippen molar-refractivity contribution in [1.82, 2.24) is 4.90 Å². The molecule has 0 unspecified atom stereocenters. The third-order valence-electron chi connectivity index (χ3n) is 3.85. The van der Waals surface area contributed by atoms with Crippen molar-refractivity contribution in [2.75, 3.05) is 25.5 Å². The fraction of sp³-hybridized carbons (Fsp3) is 0.353. The molecule has 1 aliphatic heterocycles. The first-order valence-electron chi connectivity index (χ1n) is 7.35. The molecule has 0 radical (unpaired) electrons. The van der Waals surface area contributed by atoms with Crippen LogP contribution in [0.1, 0.15) is 12.8 Å². The van der Waals surface area contributed by atoms with Gasteiger partial charge in [-0.25, -0.2) is 0 Å². The number of thiocarbonyl (C=S) groups is 1. The molecule has 2 aromatic carbocycles. The lowest BCUT2D eigenvalue weighted by molar-refractivity contribution is 0.0963. The van der Waals surface area contributed by atoms with Gasteiger partial charge in [0.15, 0.2) is 5.11 Å². The smallest absolute Gasteiger partial charge is 0.173 e. The molecular formula is C17H20N2OS. The highest BCUT2D eigenvalue weighted by Crippen LogP contribution is 2.19. The Labute approximate surface area is 130 Å².